The summed E-state index contributed by atoms with van der Waals surface area (Å²) in [6.07, 6.45) is 0. The van der Waals surface area contributed by atoms with E-state index < -0.39 is 0 Å². The first kappa shape index (κ1) is 35.6. The van der Waals surface area contributed by atoms with E-state index in [2.05, 4.69) is 205 Å². The average molecular weight is 773 g/mol. The maximum absolute atomic E-state index is 2.74. The highest BCUT2D eigenvalue weighted by atomic mass is 15.0. The molecule has 2 aromatic heterocycles. The molecule has 0 saturated heterocycles. The van der Waals surface area contributed by atoms with Gasteiger partial charge in [0.15, 0.2) is 0 Å². The van der Waals surface area contributed by atoms with Crippen LogP contribution in [-0.2, 0) is 10.8 Å². The van der Waals surface area contributed by atoms with E-state index in [1.54, 1.807) is 0 Å². The number of nitrogens with zero attached hydrogens (tertiary/aromatic N) is 2. The Morgan fingerprint density at radius 2 is 1.08 bits per heavy atom. The largest absolute Gasteiger partial charge is 0.375 e. The van der Waals surface area contributed by atoms with Crippen molar-refractivity contribution in [3.8, 4) is 39.1 Å². The highest BCUT2D eigenvalue weighted by molar-refractivity contribution is 6.90. The quantitative estimate of drug-likeness (QED) is 0.155. The lowest BCUT2D eigenvalue weighted by atomic mass is 9.45. The van der Waals surface area contributed by atoms with Gasteiger partial charge >= 0.3 is 6.85 Å². The third-order valence-electron chi connectivity index (χ3n) is 13.8. The zero-order chi connectivity index (χ0) is 41.1. The SMILES string of the molecule is Cc1cc(C)cc(-c2cc3c4c(c2)-n2c5c(cc(C)cc5c5ccc6c(-c7ccccc7)cccc6c52)B4n2c4ccc(C(C)(C)C)cc4c4cc(C(C)(C)C)cc-3c42)c1. The summed E-state index contributed by atoms with van der Waals surface area (Å²) in [5, 5.41) is 7.91. The Kier molecular flexibility index (Phi) is 7.07. The van der Waals surface area contributed by atoms with E-state index in [-0.39, 0.29) is 17.7 Å². The smallest absolute Gasteiger partial charge is 0.333 e. The van der Waals surface area contributed by atoms with E-state index in [1.165, 1.54) is 132 Å². The second-order valence-corrected chi connectivity index (χ2v) is 20.1. The van der Waals surface area contributed by atoms with Crippen LogP contribution in [0.25, 0.3) is 93.5 Å². The maximum atomic E-state index is 2.74. The lowest BCUT2D eigenvalue weighted by Crippen LogP contribution is -2.55. The molecule has 4 heterocycles. The van der Waals surface area contributed by atoms with E-state index in [0.29, 0.717) is 0 Å². The molecule has 0 spiro atoms. The van der Waals surface area contributed by atoms with E-state index in [4.69, 9.17) is 0 Å². The molecule has 12 rings (SSSR count). The molecule has 2 aliphatic heterocycles. The number of aromatic nitrogens is 2. The molecule has 2 nitrogen and oxygen atoms in total. The summed E-state index contributed by atoms with van der Waals surface area (Å²) >= 11 is 0. The van der Waals surface area contributed by atoms with Gasteiger partial charge in [0.05, 0.1) is 11.0 Å². The minimum atomic E-state index is -0.0369. The Bertz CT molecular complexity index is 3510. The number of rotatable bonds is 2. The molecular formula is C57H49BN2. The second-order valence-electron chi connectivity index (χ2n) is 20.1. The van der Waals surface area contributed by atoms with Crippen LogP contribution in [0.3, 0.4) is 0 Å². The fraction of sp³-hybridized carbons (Fsp3) is 0.193. The van der Waals surface area contributed by atoms with Crippen LogP contribution in [-0.4, -0.2) is 15.9 Å². The Morgan fingerprint density at radius 3 is 1.83 bits per heavy atom. The van der Waals surface area contributed by atoms with Crippen LogP contribution in [0.15, 0.2) is 133 Å². The maximum Gasteiger partial charge on any atom is 0.333 e. The molecule has 2 aliphatic rings. The predicted molar refractivity (Wildman–Crippen MR) is 260 cm³/mol. The highest BCUT2D eigenvalue weighted by Gasteiger charge is 2.42. The van der Waals surface area contributed by atoms with E-state index >= 15 is 0 Å². The molecule has 60 heavy (non-hydrogen) atoms. The van der Waals surface area contributed by atoms with Crippen molar-refractivity contribution in [1.29, 1.82) is 0 Å². The standard InChI is InChI=1S/C57H49BN2/c1-32-22-33(2)24-36(23-32)37-27-45-48-31-39(57(7,8)9)30-47-44-29-38(56(4,5)6)18-21-50(44)60(54(47)48)58-49-26-34(3)25-46-43-20-19-41-40(35-14-11-10-12-15-35)16-13-17-42(41)53(43)59(55(46)49)51(28-37)52(45)58/h10-31H,1-9H3. The summed E-state index contributed by atoms with van der Waals surface area (Å²) < 4.78 is 5.42. The molecule has 10 aromatic rings. The number of fused-ring (bicyclic) bond motifs is 12. The molecule has 0 saturated carbocycles. The molecule has 0 unspecified atom stereocenters. The van der Waals surface area contributed by atoms with Crippen LogP contribution in [0.4, 0.5) is 0 Å². The molecule has 0 N–H and O–H groups in total. The van der Waals surface area contributed by atoms with E-state index in [1.807, 2.05) is 0 Å². The Morgan fingerprint density at radius 1 is 0.417 bits per heavy atom. The first-order chi connectivity index (χ1) is 28.7. The molecule has 0 amide bonds. The van der Waals surface area contributed by atoms with E-state index in [0.717, 1.165) is 0 Å². The summed E-state index contributed by atoms with van der Waals surface area (Å²) in [5.74, 6) is 0. The van der Waals surface area contributed by atoms with Gasteiger partial charge in [-0.25, -0.2) is 0 Å². The summed E-state index contributed by atoms with van der Waals surface area (Å²) in [6.45, 7) is 20.9. The Balaban J connectivity index is 1.31. The second kappa shape index (κ2) is 11.9. The fourth-order valence-electron chi connectivity index (χ4n) is 11.1. The zero-order valence-electron chi connectivity index (χ0n) is 36.2. The zero-order valence-corrected chi connectivity index (χ0v) is 36.2. The summed E-state index contributed by atoms with van der Waals surface area (Å²) in [5.41, 5.74) is 23.7. The Hall–Kier alpha value is -6.32. The van der Waals surface area contributed by atoms with Crippen LogP contribution in [0.2, 0.25) is 0 Å². The highest BCUT2D eigenvalue weighted by Crippen LogP contribution is 2.48. The molecule has 3 heteroatoms. The van der Waals surface area contributed by atoms with Gasteiger partial charge in [0.2, 0.25) is 0 Å². The van der Waals surface area contributed by atoms with Gasteiger partial charge in [-0.15, -0.1) is 0 Å². The first-order valence-electron chi connectivity index (χ1n) is 21.7. The van der Waals surface area contributed by atoms with Crippen molar-refractivity contribution in [2.75, 3.05) is 0 Å². The normalized spacial score (nSPS) is 13.4. The number of hydrogen-bond donors (Lipinski definition) is 0. The van der Waals surface area contributed by atoms with Crippen LogP contribution < -0.4 is 10.9 Å². The molecule has 0 bridgehead atoms. The van der Waals surface area contributed by atoms with Crippen molar-refractivity contribution in [1.82, 2.24) is 9.05 Å². The molecule has 8 aromatic carbocycles. The van der Waals surface area contributed by atoms with Crippen molar-refractivity contribution < 1.29 is 0 Å². The third kappa shape index (κ3) is 4.84. The molecular weight excluding hydrogens is 723 g/mol. The van der Waals surface area contributed by atoms with Crippen LogP contribution >= 0.6 is 0 Å². The average Bonchev–Trinajstić information content (AvgIpc) is 3.73. The van der Waals surface area contributed by atoms with Gasteiger partial charge in [0.1, 0.15) is 0 Å². The van der Waals surface area contributed by atoms with Gasteiger partial charge in [-0.05, 0) is 129 Å². The van der Waals surface area contributed by atoms with Gasteiger partial charge < -0.3 is 9.05 Å². The molecule has 0 fully saturated rings. The number of aryl methyl sites for hydroxylation is 3. The predicted octanol–water partition coefficient (Wildman–Crippen LogP) is 13.8. The molecule has 0 aliphatic carbocycles. The molecule has 290 valence electrons. The van der Waals surface area contributed by atoms with Crippen LogP contribution in [0.1, 0.15) is 69.4 Å². The van der Waals surface area contributed by atoms with Crippen LogP contribution in [0.5, 0.6) is 0 Å². The van der Waals surface area contributed by atoms with Crippen molar-refractivity contribution in [3.05, 3.63) is 161 Å². The minimum absolute atomic E-state index is 0.00197. The monoisotopic (exact) mass is 772 g/mol. The number of hydrogen-bond acceptors (Lipinski definition) is 0. The van der Waals surface area contributed by atoms with Gasteiger partial charge in [0, 0.05) is 49.2 Å². The summed E-state index contributed by atoms with van der Waals surface area (Å²) in [7, 11) is 0. The summed E-state index contributed by atoms with van der Waals surface area (Å²) in [4.78, 5) is 0. The van der Waals surface area contributed by atoms with E-state index in [9.17, 15) is 0 Å². The molecule has 0 atom stereocenters. The molecule has 0 radical (unpaired) electrons. The summed E-state index contributed by atoms with van der Waals surface area (Å²) in [6, 6.07) is 52.0. The lowest BCUT2D eigenvalue weighted by Gasteiger charge is -2.35. The van der Waals surface area contributed by atoms with Gasteiger partial charge in [0.25, 0.3) is 0 Å². The van der Waals surface area contributed by atoms with Crippen molar-refractivity contribution >= 4 is 72.2 Å². The van der Waals surface area contributed by atoms with Crippen molar-refractivity contribution in [2.45, 2.75) is 73.1 Å². The van der Waals surface area contributed by atoms with Gasteiger partial charge in [-0.2, -0.15) is 0 Å². The van der Waals surface area contributed by atoms with Gasteiger partial charge in [-0.1, -0.05) is 149 Å². The number of benzene rings is 8. The van der Waals surface area contributed by atoms with Crippen molar-refractivity contribution in [2.24, 2.45) is 0 Å². The Labute approximate surface area is 353 Å². The lowest BCUT2D eigenvalue weighted by molar-refractivity contribution is 0.590. The van der Waals surface area contributed by atoms with Crippen LogP contribution in [0, 0.1) is 20.8 Å². The van der Waals surface area contributed by atoms with Gasteiger partial charge in [-0.3, -0.25) is 0 Å². The third-order valence-corrected chi connectivity index (χ3v) is 13.8. The first-order valence-corrected chi connectivity index (χ1v) is 21.7. The van der Waals surface area contributed by atoms with Crippen molar-refractivity contribution in [3.63, 3.8) is 0 Å². The topological polar surface area (TPSA) is 9.86 Å². The minimum Gasteiger partial charge on any atom is -0.375 e. The fourth-order valence-corrected chi connectivity index (χ4v) is 11.1.